The van der Waals surface area contributed by atoms with Crippen LogP contribution in [0.2, 0.25) is 0 Å². The van der Waals surface area contributed by atoms with Crippen molar-refractivity contribution < 1.29 is 9.53 Å². The topological polar surface area (TPSA) is 42.1 Å². The lowest BCUT2D eigenvalue weighted by Gasteiger charge is -2.00. The van der Waals surface area contributed by atoms with Crippen LogP contribution in [0.25, 0.3) is 6.08 Å². The molecular formula is C10H13NO2. The molecular weight excluding hydrogens is 166 g/mol. The number of aromatic amines is 1. The Balaban J connectivity index is 2.66. The summed E-state index contributed by atoms with van der Waals surface area (Å²) in [5.41, 5.74) is 1.51. The number of hydrogen-bond acceptors (Lipinski definition) is 2. The minimum absolute atomic E-state index is 0.267. The van der Waals surface area contributed by atoms with Crippen molar-refractivity contribution in [2.75, 3.05) is 6.61 Å². The second kappa shape index (κ2) is 4.50. The largest absolute Gasteiger partial charge is 0.463 e. The van der Waals surface area contributed by atoms with Gasteiger partial charge in [-0.05, 0) is 32.1 Å². The summed E-state index contributed by atoms with van der Waals surface area (Å²) in [6.45, 7) is 3.94. The van der Waals surface area contributed by atoms with Crippen LogP contribution >= 0.6 is 0 Å². The Morgan fingerprint density at radius 1 is 1.69 bits per heavy atom. The van der Waals surface area contributed by atoms with E-state index in [2.05, 4.69) is 4.98 Å². The highest BCUT2D eigenvalue weighted by atomic mass is 16.5. The predicted octanol–water partition coefficient (Wildman–Crippen LogP) is 1.98. The van der Waals surface area contributed by atoms with Gasteiger partial charge in [0.05, 0.1) is 6.61 Å². The lowest BCUT2D eigenvalue weighted by molar-refractivity contribution is -0.138. The van der Waals surface area contributed by atoms with Crippen LogP contribution in [0.15, 0.2) is 23.9 Å². The molecule has 1 rings (SSSR count). The summed E-state index contributed by atoms with van der Waals surface area (Å²) in [5, 5.41) is 0. The minimum atomic E-state index is -0.267. The average molecular weight is 179 g/mol. The summed E-state index contributed by atoms with van der Waals surface area (Å²) in [6.07, 6.45) is 3.57. The van der Waals surface area contributed by atoms with Gasteiger partial charge in [-0.3, -0.25) is 0 Å². The van der Waals surface area contributed by atoms with E-state index in [1.807, 2.05) is 18.3 Å². The van der Waals surface area contributed by atoms with Gasteiger partial charge in [0, 0.05) is 17.5 Å². The van der Waals surface area contributed by atoms with Crippen LogP contribution in [0.5, 0.6) is 0 Å². The van der Waals surface area contributed by atoms with E-state index >= 15 is 0 Å². The van der Waals surface area contributed by atoms with Crippen LogP contribution < -0.4 is 0 Å². The van der Waals surface area contributed by atoms with E-state index in [-0.39, 0.29) is 5.97 Å². The minimum Gasteiger partial charge on any atom is -0.463 e. The number of rotatable bonds is 3. The third-order valence-electron chi connectivity index (χ3n) is 1.59. The number of nitrogens with one attached hydrogen (secondary N) is 1. The number of ether oxygens (including phenoxy) is 1. The van der Waals surface area contributed by atoms with Crippen molar-refractivity contribution in [3.05, 3.63) is 29.6 Å². The molecule has 1 heterocycles. The van der Waals surface area contributed by atoms with Gasteiger partial charge in [-0.1, -0.05) is 0 Å². The van der Waals surface area contributed by atoms with E-state index in [4.69, 9.17) is 4.74 Å². The fraction of sp³-hybridized carbons (Fsp3) is 0.300. The van der Waals surface area contributed by atoms with Crippen LogP contribution in [0, 0.1) is 0 Å². The third kappa shape index (κ3) is 2.78. The van der Waals surface area contributed by atoms with E-state index in [0.717, 1.165) is 5.69 Å². The third-order valence-corrected chi connectivity index (χ3v) is 1.59. The molecule has 1 aromatic rings. The second-order valence-electron chi connectivity index (χ2n) is 2.67. The molecule has 0 unspecified atom stereocenters. The van der Waals surface area contributed by atoms with Crippen molar-refractivity contribution in [3.8, 4) is 0 Å². The SMILES string of the molecule is CCOC(=O)/C(C)=C/c1ccc[nH]1. The first kappa shape index (κ1) is 9.58. The maximum Gasteiger partial charge on any atom is 0.333 e. The molecule has 0 atom stereocenters. The van der Waals surface area contributed by atoms with Crippen LogP contribution in [0.4, 0.5) is 0 Å². The molecule has 0 bridgehead atoms. The summed E-state index contributed by atoms with van der Waals surface area (Å²) >= 11 is 0. The first-order valence-electron chi connectivity index (χ1n) is 4.23. The molecule has 0 spiro atoms. The first-order chi connectivity index (χ1) is 6.24. The molecule has 3 heteroatoms. The van der Waals surface area contributed by atoms with E-state index in [1.165, 1.54) is 0 Å². The molecule has 0 aromatic carbocycles. The van der Waals surface area contributed by atoms with Crippen molar-refractivity contribution in [3.63, 3.8) is 0 Å². The second-order valence-corrected chi connectivity index (χ2v) is 2.67. The molecule has 0 aliphatic heterocycles. The highest BCUT2D eigenvalue weighted by Gasteiger charge is 2.03. The first-order valence-corrected chi connectivity index (χ1v) is 4.23. The molecule has 0 amide bonds. The maximum atomic E-state index is 11.2. The average Bonchev–Trinajstić information content (AvgIpc) is 2.57. The Morgan fingerprint density at radius 3 is 3.00 bits per heavy atom. The van der Waals surface area contributed by atoms with Crippen molar-refractivity contribution in [2.45, 2.75) is 13.8 Å². The van der Waals surface area contributed by atoms with E-state index < -0.39 is 0 Å². The van der Waals surface area contributed by atoms with Crippen LogP contribution in [-0.4, -0.2) is 17.6 Å². The normalized spacial score (nSPS) is 11.4. The van der Waals surface area contributed by atoms with Gasteiger partial charge in [0.1, 0.15) is 0 Å². The van der Waals surface area contributed by atoms with Gasteiger partial charge in [0.15, 0.2) is 0 Å². The quantitative estimate of drug-likeness (QED) is 0.569. The van der Waals surface area contributed by atoms with Gasteiger partial charge in [-0.2, -0.15) is 0 Å². The number of hydrogen-bond donors (Lipinski definition) is 1. The fourth-order valence-corrected chi connectivity index (χ4v) is 0.971. The van der Waals surface area contributed by atoms with Gasteiger partial charge < -0.3 is 9.72 Å². The maximum absolute atomic E-state index is 11.2. The highest BCUT2D eigenvalue weighted by Crippen LogP contribution is 2.04. The molecule has 0 aliphatic rings. The lowest BCUT2D eigenvalue weighted by Crippen LogP contribution is -2.04. The monoisotopic (exact) mass is 179 g/mol. The molecule has 1 aromatic heterocycles. The predicted molar refractivity (Wildman–Crippen MR) is 51.1 cm³/mol. The summed E-state index contributed by atoms with van der Waals surface area (Å²) < 4.78 is 4.83. The molecule has 13 heavy (non-hydrogen) atoms. The number of aromatic nitrogens is 1. The smallest absolute Gasteiger partial charge is 0.333 e. The van der Waals surface area contributed by atoms with Crippen LogP contribution in [0.3, 0.4) is 0 Å². The fourth-order valence-electron chi connectivity index (χ4n) is 0.971. The molecule has 0 saturated carbocycles. The lowest BCUT2D eigenvalue weighted by atomic mass is 10.2. The Labute approximate surface area is 77.4 Å². The zero-order chi connectivity index (χ0) is 9.68. The summed E-state index contributed by atoms with van der Waals surface area (Å²) in [5.74, 6) is -0.267. The number of esters is 1. The Hall–Kier alpha value is -1.51. The van der Waals surface area contributed by atoms with Crippen LogP contribution in [0.1, 0.15) is 19.5 Å². The highest BCUT2D eigenvalue weighted by molar-refractivity contribution is 5.92. The van der Waals surface area contributed by atoms with E-state index in [9.17, 15) is 4.79 Å². The zero-order valence-corrected chi connectivity index (χ0v) is 7.83. The summed E-state index contributed by atoms with van der Waals surface area (Å²) in [4.78, 5) is 14.1. The standard InChI is InChI=1S/C10H13NO2/c1-3-13-10(12)8(2)7-9-5-4-6-11-9/h4-7,11H,3H2,1-2H3/b8-7+. The zero-order valence-electron chi connectivity index (χ0n) is 7.83. The van der Waals surface area contributed by atoms with Gasteiger partial charge in [-0.15, -0.1) is 0 Å². The van der Waals surface area contributed by atoms with Crippen LogP contribution in [-0.2, 0) is 9.53 Å². The van der Waals surface area contributed by atoms with E-state index in [1.54, 1.807) is 19.9 Å². The Bertz CT molecular complexity index is 299. The summed E-state index contributed by atoms with van der Waals surface area (Å²) in [7, 11) is 0. The van der Waals surface area contributed by atoms with Crippen molar-refractivity contribution in [1.82, 2.24) is 4.98 Å². The number of carbonyl (C=O) groups excluding carboxylic acids is 1. The van der Waals surface area contributed by atoms with Gasteiger partial charge in [-0.25, -0.2) is 4.79 Å². The molecule has 0 radical (unpaired) electrons. The molecule has 70 valence electrons. The Morgan fingerprint density at radius 2 is 2.46 bits per heavy atom. The molecule has 0 fully saturated rings. The van der Waals surface area contributed by atoms with Gasteiger partial charge in [0.25, 0.3) is 0 Å². The van der Waals surface area contributed by atoms with E-state index in [0.29, 0.717) is 12.2 Å². The molecule has 1 N–H and O–H groups in total. The summed E-state index contributed by atoms with van der Waals surface area (Å²) in [6, 6.07) is 3.77. The van der Waals surface area contributed by atoms with Crippen molar-refractivity contribution >= 4 is 12.0 Å². The number of H-pyrrole nitrogens is 1. The van der Waals surface area contributed by atoms with Gasteiger partial charge in [0.2, 0.25) is 0 Å². The van der Waals surface area contributed by atoms with Crippen molar-refractivity contribution in [2.24, 2.45) is 0 Å². The Kier molecular flexibility index (Phi) is 3.31. The van der Waals surface area contributed by atoms with Gasteiger partial charge >= 0.3 is 5.97 Å². The molecule has 3 nitrogen and oxygen atoms in total. The molecule has 0 saturated heterocycles. The number of carbonyl (C=O) groups is 1. The van der Waals surface area contributed by atoms with Crippen molar-refractivity contribution in [1.29, 1.82) is 0 Å². The molecule has 0 aliphatic carbocycles.